The maximum Gasteiger partial charge on any atom is 0.258 e. The highest BCUT2D eigenvalue weighted by molar-refractivity contribution is 6.33. The van der Waals surface area contributed by atoms with Gasteiger partial charge in [0.15, 0.2) is 0 Å². The molecule has 6 heteroatoms. The zero-order valence-electron chi connectivity index (χ0n) is 19.4. The van der Waals surface area contributed by atoms with Crippen molar-refractivity contribution < 1.29 is 14.6 Å². The van der Waals surface area contributed by atoms with E-state index in [0.29, 0.717) is 35.1 Å². The second-order valence-electron chi connectivity index (χ2n) is 7.88. The van der Waals surface area contributed by atoms with Crippen LogP contribution in [0.1, 0.15) is 33.5 Å². The van der Waals surface area contributed by atoms with E-state index in [0.717, 1.165) is 27.8 Å². The van der Waals surface area contributed by atoms with Crippen LogP contribution in [0.2, 0.25) is 5.02 Å². The van der Waals surface area contributed by atoms with Gasteiger partial charge < -0.3 is 14.7 Å². The fourth-order valence-electron chi connectivity index (χ4n) is 3.76. The number of ether oxygens (including phenoxy) is 1. The summed E-state index contributed by atoms with van der Waals surface area (Å²) in [5, 5.41) is 9.62. The van der Waals surface area contributed by atoms with E-state index in [1.54, 1.807) is 37.3 Å². The number of rotatable bonds is 8. The van der Waals surface area contributed by atoms with Gasteiger partial charge in [-0.2, -0.15) is 0 Å². The summed E-state index contributed by atoms with van der Waals surface area (Å²) in [6.45, 7) is 4.38. The molecule has 33 heavy (non-hydrogen) atoms. The largest absolute Gasteiger partial charge is 0.491 e. The summed E-state index contributed by atoms with van der Waals surface area (Å²) in [7, 11) is 3.46. The molecule has 0 fully saturated rings. The van der Waals surface area contributed by atoms with E-state index in [2.05, 4.69) is 4.99 Å². The molecule has 0 bridgehead atoms. The number of carbonyl (C=O) groups excluding carboxylic acids is 1. The molecule has 0 unspecified atom stereocenters. The maximum atomic E-state index is 13.5. The van der Waals surface area contributed by atoms with Gasteiger partial charge in [-0.3, -0.25) is 9.79 Å². The molecule has 0 spiro atoms. The lowest BCUT2D eigenvalue weighted by atomic mass is 9.96. The summed E-state index contributed by atoms with van der Waals surface area (Å²) in [5.74, 6) is 0.431. The Labute approximate surface area is 200 Å². The minimum absolute atomic E-state index is 0.0488. The van der Waals surface area contributed by atoms with Crippen LogP contribution < -0.4 is 9.64 Å². The molecule has 1 N–H and O–H groups in total. The molecule has 172 valence electrons. The van der Waals surface area contributed by atoms with Crippen LogP contribution in [-0.4, -0.2) is 44.5 Å². The summed E-state index contributed by atoms with van der Waals surface area (Å²) >= 11 is 6.56. The second kappa shape index (κ2) is 11.1. The van der Waals surface area contributed by atoms with Crippen LogP contribution in [0.25, 0.3) is 11.1 Å². The van der Waals surface area contributed by atoms with Crippen LogP contribution in [0.5, 0.6) is 5.75 Å². The minimum atomic E-state index is -0.174. The van der Waals surface area contributed by atoms with Crippen molar-refractivity contribution in [3.8, 4) is 16.9 Å². The number of para-hydroxylation sites is 1. The third-order valence-electron chi connectivity index (χ3n) is 5.38. The molecular weight excluding hydrogens is 436 g/mol. The van der Waals surface area contributed by atoms with Crippen molar-refractivity contribution >= 4 is 29.4 Å². The van der Waals surface area contributed by atoms with Gasteiger partial charge in [-0.15, -0.1) is 0 Å². The zero-order chi connectivity index (χ0) is 24.0. The highest BCUT2D eigenvalue weighted by atomic mass is 35.5. The molecule has 3 rings (SSSR count). The third-order valence-corrected chi connectivity index (χ3v) is 5.71. The smallest absolute Gasteiger partial charge is 0.258 e. The lowest BCUT2D eigenvalue weighted by Gasteiger charge is -2.23. The van der Waals surface area contributed by atoms with Crippen molar-refractivity contribution in [2.24, 2.45) is 4.99 Å². The van der Waals surface area contributed by atoms with Gasteiger partial charge in [-0.1, -0.05) is 41.4 Å². The highest BCUT2D eigenvalue weighted by Gasteiger charge is 2.21. The Hall–Kier alpha value is -3.15. The number of carbonyl (C=O) groups is 1. The Morgan fingerprint density at radius 3 is 2.64 bits per heavy atom. The van der Waals surface area contributed by atoms with E-state index < -0.39 is 0 Å². The summed E-state index contributed by atoms with van der Waals surface area (Å²) in [5.41, 5.74) is 5.88. The van der Waals surface area contributed by atoms with Crippen molar-refractivity contribution in [2.45, 2.75) is 20.3 Å². The van der Waals surface area contributed by atoms with Gasteiger partial charge in [0.05, 0.1) is 12.3 Å². The number of aryl methyl sites for hydroxylation is 2. The number of hydrogen-bond donors (Lipinski definition) is 1. The summed E-state index contributed by atoms with van der Waals surface area (Å²) in [4.78, 5) is 19.3. The van der Waals surface area contributed by atoms with E-state index >= 15 is 0 Å². The molecule has 0 saturated heterocycles. The molecule has 0 aromatic heterocycles. The second-order valence-corrected chi connectivity index (χ2v) is 8.29. The normalized spacial score (nSPS) is 11.1. The number of hydrogen-bond acceptors (Lipinski definition) is 4. The standard InChI is InChI=1S/C27H29ClN2O3/c1-18-9-11-22(21(15-18)17-29-3)23-16-20(10-12-24(23)28)27(32)30(4)26-19(2)7-5-8-25(26)33-14-6-13-31/h5,7-12,15-17,31H,6,13-14H2,1-4H3/b29-17+. The predicted molar refractivity (Wildman–Crippen MR) is 136 cm³/mol. The van der Waals surface area contributed by atoms with Gasteiger partial charge in [0.1, 0.15) is 5.75 Å². The van der Waals surface area contributed by atoms with Crippen LogP contribution in [0.3, 0.4) is 0 Å². The van der Waals surface area contributed by atoms with Gasteiger partial charge in [0, 0.05) is 55.1 Å². The Morgan fingerprint density at radius 2 is 1.91 bits per heavy atom. The van der Waals surface area contributed by atoms with Gasteiger partial charge >= 0.3 is 0 Å². The maximum absolute atomic E-state index is 13.5. The van der Waals surface area contributed by atoms with Crippen molar-refractivity contribution in [3.63, 3.8) is 0 Å². The molecular formula is C27H29ClN2O3. The number of aliphatic hydroxyl groups excluding tert-OH is 1. The molecule has 3 aromatic carbocycles. The predicted octanol–water partition coefficient (Wildman–Crippen LogP) is 5.71. The lowest BCUT2D eigenvalue weighted by molar-refractivity contribution is 0.0992. The molecule has 0 heterocycles. The number of aliphatic imine (C=N–C) groups is 1. The Balaban J connectivity index is 2.01. The van der Waals surface area contributed by atoms with Crippen LogP contribution in [-0.2, 0) is 0 Å². The fraction of sp³-hybridized carbons (Fsp3) is 0.259. The van der Waals surface area contributed by atoms with E-state index in [4.69, 9.17) is 21.4 Å². The van der Waals surface area contributed by atoms with Gasteiger partial charge in [0.25, 0.3) is 5.91 Å². The zero-order valence-corrected chi connectivity index (χ0v) is 20.2. The van der Waals surface area contributed by atoms with Crippen molar-refractivity contribution in [1.82, 2.24) is 0 Å². The minimum Gasteiger partial charge on any atom is -0.491 e. The van der Waals surface area contributed by atoms with E-state index in [1.807, 2.05) is 56.3 Å². The number of halogens is 1. The number of anilines is 1. The first-order valence-corrected chi connectivity index (χ1v) is 11.2. The average Bonchev–Trinajstić information content (AvgIpc) is 2.79. The first kappa shape index (κ1) is 24.5. The lowest BCUT2D eigenvalue weighted by Crippen LogP contribution is -2.27. The Kier molecular flexibility index (Phi) is 8.26. The number of nitrogens with zero attached hydrogens (tertiary/aromatic N) is 2. The van der Waals surface area contributed by atoms with Crippen molar-refractivity contribution in [2.75, 3.05) is 32.2 Å². The molecule has 0 aliphatic heterocycles. The molecule has 3 aromatic rings. The van der Waals surface area contributed by atoms with Gasteiger partial charge in [0.2, 0.25) is 0 Å². The van der Waals surface area contributed by atoms with Gasteiger partial charge in [-0.05, 0) is 55.3 Å². The average molecular weight is 465 g/mol. The SMILES string of the molecule is C/N=C/c1cc(C)ccc1-c1cc(C(=O)N(C)c2c(C)cccc2OCCCO)ccc1Cl. The van der Waals surface area contributed by atoms with Gasteiger partial charge in [-0.25, -0.2) is 0 Å². The Morgan fingerprint density at radius 1 is 1.12 bits per heavy atom. The summed E-state index contributed by atoms with van der Waals surface area (Å²) in [6.07, 6.45) is 2.31. The molecule has 0 aliphatic rings. The van der Waals surface area contributed by atoms with Crippen molar-refractivity contribution in [1.29, 1.82) is 0 Å². The van der Waals surface area contributed by atoms with E-state index in [-0.39, 0.29) is 12.5 Å². The van der Waals surface area contributed by atoms with Crippen LogP contribution in [0.15, 0.2) is 59.6 Å². The monoisotopic (exact) mass is 464 g/mol. The summed E-state index contributed by atoms with van der Waals surface area (Å²) in [6, 6.07) is 17.0. The Bertz CT molecular complexity index is 1170. The fourth-order valence-corrected chi connectivity index (χ4v) is 3.98. The number of benzene rings is 3. The van der Waals surface area contributed by atoms with Crippen LogP contribution in [0.4, 0.5) is 5.69 Å². The first-order valence-electron chi connectivity index (χ1n) is 10.8. The molecule has 5 nitrogen and oxygen atoms in total. The highest BCUT2D eigenvalue weighted by Crippen LogP contribution is 2.35. The van der Waals surface area contributed by atoms with E-state index in [9.17, 15) is 4.79 Å². The molecule has 1 amide bonds. The summed E-state index contributed by atoms with van der Waals surface area (Å²) < 4.78 is 5.84. The molecule has 0 radical (unpaired) electrons. The third kappa shape index (κ3) is 5.62. The molecule has 0 atom stereocenters. The quantitative estimate of drug-likeness (QED) is 0.343. The molecule has 0 saturated carbocycles. The van der Waals surface area contributed by atoms with E-state index in [1.165, 1.54) is 0 Å². The van der Waals surface area contributed by atoms with Crippen LogP contribution >= 0.6 is 11.6 Å². The topological polar surface area (TPSA) is 62.1 Å². The first-order chi connectivity index (χ1) is 15.9. The number of amides is 1. The van der Waals surface area contributed by atoms with Crippen molar-refractivity contribution in [3.05, 3.63) is 81.9 Å². The molecule has 0 aliphatic carbocycles. The number of aliphatic hydroxyl groups is 1. The van der Waals surface area contributed by atoms with Crippen LogP contribution in [0, 0.1) is 13.8 Å².